The van der Waals surface area contributed by atoms with E-state index in [-0.39, 0.29) is 12.0 Å². The van der Waals surface area contributed by atoms with E-state index in [0.29, 0.717) is 24.3 Å². The van der Waals surface area contributed by atoms with Crippen LogP contribution in [0, 0.1) is 17.6 Å². The van der Waals surface area contributed by atoms with Gasteiger partial charge >= 0.3 is 0 Å². The third kappa shape index (κ3) is 7.43. The van der Waals surface area contributed by atoms with Crippen molar-refractivity contribution in [2.75, 3.05) is 11.9 Å². The Kier molecular flexibility index (Phi) is 8.84. The van der Waals surface area contributed by atoms with Crippen molar-refractivity contribution in [3.05, 3.63) is 71.4 Å². The number of nitrogens with one attached hydrogen (secondary N) is 2. The fraction of sp³-hybridized carbons (Fsp3) is 0.320. The third-order valence-electron chi connectivity index (χ3n) is 4.79. The molecule has 0 saturated heterocycles. The quantitative estimate of drug-likeness (QED) is 0.424. The SMILES string of the molecule is CC(C)COCc1ccccc1-c1cnc(NC(=O)[C@H](C)NC(=O)Cc2cc(F)cc(F)c2)s1. The number of thiazole rings is 1. The van der Waals surface area contributed by atoms with Gasteiger partial charge < -0.3 is 15.4 Å². The molecule has 6 nitrogen and oxygen atoms in total. The van der Waals surface area contributed by atoms with Crippen LogP contribution >= 0.6 is 11.3 Å². The number of rotatable bonds is 10. The molecule has 0 bridgehead atoms. The maximum Gasteiger partial charge on any atom is 0.248 e. The second kappa shape index (κ2) is 11.8. The van der Waals surface area contributed by atoms with Crippen LogP contribution in [0.25, 0.3) is 10.4 Å². The second-order valence-electron chi connectivity index (χ2n) is 8.33. The highest BCUT2D eigenvalue weighted by atomic mass is 32.1. The summed E-state index contributed by atoms with van der Waals surface area (Å²) in [6, 6.07) is 9.88. The Hall–Kier alpha value is -3.17. The lowest BCUT2D eigenvalue weighted by Crippen LogP contribution is -2.42. The lowest BCUT2D eigenvalue weighted by Gasteiger charge is -2.13. The number of carbonyl (C=O) groups excluding carboxylic acids is 2. The zero-order valence-electron chi connectivity index (χ0n) is 19.2. The zero-order valence-corrected chi connectivity index (χ0v) is 20.0. The molecule has 0 unspecified atom stereocenters. The molecule has 2 amide bonds. The van der Waals surface area contributed by atoms with Crippen molar-refractivity contribution in [2.45, 2.75) is 39.8 Å². The van der Waals surface area contributed by atoms with Crippen LogP contribution in [0.15, 0.2) is 48.7 Å². The van der Waals surface area contributed by atoms with E-state index >= 15 is 0 Å². The van der Waals surface area contributed by atoms with Gasteiger partial charge in [0.2, 0.25) is 11.8 Å². The first kappa shape index (κ1) is 25.5. The minimum atomic E-state index is -0.866. The molecule has 0 aliphatic rings. The van der Waals surface area contributed by atoms with E-state index in [0.717, 1.165) is 34.2 Å². The van der Waals surface area contributed by atoms with Crippen LogP contribution in [0.1, 0.15) is 31.9 Å². The van der Waals surface area contributed by atoms with Gasteiger partial charge in [-0.3, -0.25) is 9.59 Å². The van der Waals surface area contributed by atoms with Crippen molar-refractivity contribution in [1.29, 1.82) is 0 Å². The number of aromatic nitrogens is 1. The summed E-state index contributed by atoms with van der Waals surface area (Å²) in [5.74, 6) is -2.06. The van der Waals surface area contributed by atoms with Crippen molar-refractivity contribution in [3.8, 4) is 10.4 Å². The van der Waals surface area contributed by atoms with Gasteiger partial charge in [-0.15, -0.1) is 0 Å². The first-order valence-corrected chi connectivity index (χ1v) is 11.7. The van der Waals surface area contributed by atoms with Crippen LogP contribution in [0.5, 0.6) is 0 Å². The van der Waals surface area contributed by atoms with Gasteiger partial charge in [0.25, 0.3) is 0 Å². The molecule has 3 aromatic rings. The smallest absolute Gasteiger partial charge is 0.248 e. The molecule has 1 aromatic heterocycles. The highest BCUT2D eigenvalue weighted by Gasteiger charge is 2.18. The topological polar surface area (TPSA) is 80.3 Å². The van der Waals surface area contributed by atoms with Gasteiger partial charge in [0.05, 0.1) is 17.9 Å². The number of nitrogens with zero attached hydrogens (tertiary/aromatic N) is 1. The average molecular weight is 488 g/mol. The summed E-state index contributed by atoms with van der Waals surface area (Å²) < 4.78 is 32.4. The molecule has 180 valence electrons. The normalized spacial score (nSPS) is 11.9. The molecule has 0 radical (unpaired) electrons. The standard InChI is InChI=1S/C25H27F2N3O3S/c1-15(2)13-33-14-18-6-4-5-7-21(18)22-12-28-25(34-22)30-24(32)16(3)29-23(31)10-17-8-19(26)11-20(27)9-17/h4-9,11-12,15-16H,10,13-14H2,1-3H3,(H,29,31)(H,28,30,32)/t16-/m0/s1. The minimum Gasteiger partial charge on any atom is -0.376 e. The summed E-state index contributed by atoms with van der Waals surface area (Å²) in [6.45, 7) is 6.85. The number of halogens is 2. The fourth-order valence-corrected chi connectivity index (χ4v) is 4.10. The molecule has 0 spiro atoms. The number of hydrogen-bond acceptors (Lipinski definition) is 5. The summed E-state index contributed by atoms with van der Waals surface area (Å²) in [4.78, 5) is 29.9. The molecule has 3 rings (SSSR count). The van der Waals surface area contributed by atoms with Crippen LogP contribution in [0.3, 0.4) is 0 Å². The molecule has 0 fully saturated rings. The van der Waals surface area contributed by atoms with Gasteiger partial charge in [-0.25, -0.2) is 13.8 Å². The highest BCUT2D eigenvalue weighted by Crippen LogP contribution is 2.32. The highest BCUT2D eigenvalue weighted by molar-refractivity contribution is 7.19. The number of benzene rings is 2. The molecule has 0 aliphatic carbocycles. The Morgan fingerprint density at radius 1 is 1.09 bits per heavy atom. The summed E-state index contributed by atoms with van der Waals surface area (Å²) in [7, 11) is 0. The summed E-state index contributed by atoms with van der Waals surface area (Å²) >= 11 is 1.32. The largest absolute Gasteiger partial charge is 0.376 e. The van der Waals surface area contributed by atoms with Gasteiger partial charge in [0.1, 0.15) is 17.7 Å². The summed E-state index contributed by atoms with van der Waals surface area (Å²) in [5, 5.41) is 5.63. The van der Waals surface area contributed by atoms with Crippen LogP contribution in [-0.4, -0.2) is 29.4 Å². The number of carbonyl (C=O) groups is 2. The molecule has 2 aromatic carbocycles. The maximum atomic E-state index is 13.3. The number of anilines is 1. The van der Waals surface area contributed by atoms with Gasteiger partial charge in [0, 0.05) is 18.9 Å². The fourth-order valence-electron chi connectivity index (χ4n) is 3.22. The maximum absolute atomic E-state index is 13.3. The molecular formula is C25H27F2N3O3S. The van der Waals surface area contributed by atoms with Crippen LogP contribution in [-0.2, 0) is 27.4 Å². The van der Waals surface area contributed by atoms with Gasteiger partial charge in [-0.05, 0) is 41.7 Å². The lowest BCUT2D eigenvalue weighted by atomic mass is 10.1. The molecule has 0 saturated carbocycles. The Balaban J connectivity index is 1.58. The van der Waals surface area contributed by atoms with Crippen molar-refractivity contribution in [2.24, 2.45) is 5.92 Å². The first-order valence-electron chi connectivity index (χ1n) is 10.9. The molecule has 34 heavy (non-hydrogen) atoms. The van der Waals surface area contributed by atoms with E-state index in [1.807, 2.05) is 24.3 Å². The first-order chi connectivity index (χ1) is 16.2. The summed E-state index contributed by atoms with van der Waals surface area (Å²) in [6.07, 6.45) is 1.44. The van der Waals surface area contributed by atoms with E-state index in [9.17, 15) is 18.4 Å². The van der Waals surface area contributed by atoms with Crippen LogP contribution in [0.4, 0.5) is 13.9 Å². The Labute approximate surface area is 201 Å². The molecule has 2 N–H and O–H groups in total. The Morgan fingerprint density at radius 2 is 1.79 bits per heavy atom. The molecule has 1 atom stereocenters. The second-order valence-corrected chi connectivity index (χ2v) is 9.36. The molecular weight excluding hydrogens is 460 g/mol. The van der Waals surface area contributed by atoms with E-state index in [1.165, 1.54) is 18.3 Å². The third-order valence-corrected chi connectivity index (χ3v) is 5.73. The van der Waals surface area contributed by atoms with Crippen molar-refractivity contribution >= 4 is 28.3 Å². The van der Waals surface area contributed by atoms with E-state index < -0.39 is 29.5 Å². The average Bonchev–Trinajstić information content (AvgIpc) is 3.21. The minimum absolute atomic E-state index is 0.184. The number of amides is 2. The van der Waals surface area contributed by atoms with E-state index in [1.54, 1.807) is 6.20 Å². The van der Waals surface area contributed by atoms with E-state index in [4.69, 9.17) is 4.74 Å². The Bertz CT molecular complexity index is 1130. The summed E-state index contributed by atoms with van der Waals surface area (Å²) in [5.41, 5.74) is 2.19. The predicted octanol–water partition coefficient (Wildman–Crippen LogP) is 4.95. The molecule has 1 heterocycles. The molecule has 9 heteroatoms. The van der Waals surface area contributed by atoms with Gasteiger partial charge in [-0.1, -0.05) is 49.4 Å². The Morgan fingerprint density at radius 3 is 2.50 bits per heavy atom. The molecule has 0 aliphatic heterocycles. The number of ether oxygens (including phenoxy) is 1. The van der Waals surface area contributed by atoms with Crippen molar-refractivity contribution < 1.29 is 23.1 Å². The zero-order chi connectivity index (χ0) is 24.7. The van der Waals surface area contributed by atoms with Crippen molar-refractivity contribution in [1.82, 2.24) is 10.3 Å². The van der Waals surface area contributed by atoms with E-state index in [2.05, 4.69) is 29.5 Å². The van der Waals surface area contributed by atoms with Crippen LogP contribution < -0.4 is 10.6 Å². The van der Waals surface area contributed by atoms with Crippen molar-refractivity contribution in [3.63, 3.8) is 0 Å². The monoisotopic (exact) mass is 487 g/mol. The lowest BCUT2D eigenvalue weighted by molar-refractivity contribution is -0.125. The predicted molar refractivity (Wildman–Crippen MR) is 128 cm³/mol. The van der Waals surface area contributed by atoms with Gasteiger partial charge in [0.15, 0.2) is 5.13 Å². The van der Waals surface area contributed by atoms with Crippen LogP contribution in [0.2, 0.25) is 0 Å². The number of hydrogen-bond donors (Lipinski definition) is 2. The van der Waals surface area contributed by atoms with Gasteiger partial charge in [-0.2, -0.15) is 0 Å².